The van der Waals surface area contributed by atoms with E-state index in [0.717, 1.165) is 68.9 Å². The first-order chi connectivity index (χ1) is 18.8. The number of carbonyl (C=O) groups is 1. The minimum atomic E-state index is 0.0900. The standard InChI is InChI=1S/C28H30N8O3/c1-13-25(14(2)39-34-13)20-8-22-19(9-23(20)38-5)26-27(31-22)29-15(3)30-28(26)32-24-10-21(17-6-7-17)33-36(24)18-11-35(12-18)16(4)37/h8-10,17-18H,6-7,11-12H2,1-5H3,(H2,29,30,31,32). The number of fused-ring (bicyclic) bond motifs is 3. The second-order valence-corrected chi connectivity index (χ2v) is 10.6. The summed E-state index contributed by atoms with van der Waals surface area (Å²) in [5.74, 6) is 4.26. The van der Waals surface area contributed by atoms with Gasteiger partial charge in [-0.3, -0.25) is 4.79 Å². The number of hydrogen-bond donors (Lipinski definition) is 2. The van der Waals surface area contributed by atoms with Crippen LogP contribution in [0.4, 0.5) is 11.6 Å². The molecule has 5 aromatic rings. The van der Waals surface area contributed by atoms with Gasteiger partial charge in [0.2, 0.25) is 5.91 Å². The average Bonchev–Trinajstić information content (AvgIpc) is 3.43. The normalized spacial score (nSPS) is 15.8. The van der Waals surface area contributed by atoms with Crippen molar-refractivity contribution in [1.29, 1.82) is 0 Å². The van der Waals surface area contributed by atoms with Gasteiger partial charge < -0.3 is 24.5 Å². The molecular weight excluding hydrogens is 496 g/mol. The summed E-state index contributed by atoms with van der Waals surface area (Å²) in [6.07, 6.45) is 2.32. The first kappa shape index (κ1) is 23.7. The third-order valence-corrected chi connectivity index (χ3v) is 7.84. The van der Waals surface area contributed by atoms with Gasteiger partial charge in [0.25, 0.3) is 0 Å². The quantitative estimate of drug-likeness (QED) is 0.319. The zero-order valence-corrected chi connectivity index (χ0v) is 22.6. The predicted molar refractivity (Wildman–Crippen MR) is 146 cm³/mol. The third-order valence-electron chi connectivity index (χ3n) is 7.84. The molecule has 200 valence electrons. The lowest BCUT2D eigenvalue weighted by Gasteiger charge is -2.39. The summed E-state index contributed by atoms with van der Waals surface area (Å²) >= 11 is 0. The van der Waals surface area contributed by atoms with Crippen molar-refractivity contribution in [2.45, 2.75) is 52.5 Å². The Morgan fingerprint density at radius 3 is 2.62 bits per heavy atom. The van der Waals surface area contributed by atoms with Crippen LogP contribution in [-0.2, 0) is 4.79 Å². The summed E-state index contributed by atoms with van der Waals surface area (Å²) in [6, 6.07) is 6.33. The van der Waals surface area contributed by atoms with Gasteiger partial charge in [0, 0.05) is 48.5 Å². The van der Waals surface area contributed by atoms with Gasteiger partial charge in [0.05, 0.1) is 35.5 Å². The zero-order valence-electron chi connectivity index (χ0n) is 22.6. The molecule has 4 aromatic heterocycles. The highest BCUT2D eigenvalue weighted by Gasteiger charge is 2.35. The number of H-pyrrole nitrogens is 1. The van der Waals surface area contributed by atoms with E-state index in [9.17, 15) is 4.79 Å². The summed E-state index contributed by atoms with van der Waals surface area (Å²) in [5.41, 5.74) is 5.36. The molecular formula is C28H30N8O3. The number of aromatic amines is 1. The highest BCUT2D eigenvalue weighted by atomic mass is 16.5. The van der Waals surface area contributed by atoms with E-state index in [2.05, 4.69) is 27.6 Å². The molecule has 0 bridgehead atoms. The van der Waals surface area contributed by atoms with Crippen LogP contribution in [0, 0.1) is 20.8 Å². The van der Waals surface area contributed by atoms with Crippen molar-refractivity contribution in [1.82, 2.24) is 34.8 Å². The van der Waals surface area contributed by atoms with E-state index in [4.69, 9.17) is 24.3 Å². The van der Waals surface area contributed by atoms with Crippen LogP contribution in [0.1, 0.15) is 54.7 Å². The van der Waals surface area contributed by atoms with Crippen LogP contribution >= 0.6 is 0 Å². The summed E-state index contributed by atoms with van der Waals surface area (Å²) < 4.78 is 13.3. The van der Waals surface area contributed by atoms with Gasteiger partial charge in [0.15, 0.2) is 0 Å². The summed E-state index contributed by atoms with van der Waals surface area (Å²) in [6.45, 7) is 8.63. The lowest BCUT2D eigenvalue weighted by Crippen LogP contribution is -2.50. The first-order valence-electron chi connectivity index (χ1n) is 13.2. The van der Waals surface area contributed by atoms with Crippen LogP contribution < -0.4 is 10.1 Å². The second-order valence-electron chi connectivity index (χ2n) is 10.6. The van der Waals surface area contributed by atoms with E-state index in [1.165, 1.54) is 0 Å². The van der Waals surface area contributed by atoms with Crippen molar-refractivity contribution in [3.05, 3.63) is 41.2 Å². The molecule has 5 heterocycles. The fourth-order valence-corrected chi connectivity index (χ4v) is 5.61. The summed E-state index contributed by atoms with van der Waals surface area (Å²) in [4.78, 5) is 26.7. The molecule has 39 heavy (non-hydrogen) atoms. The number of amides is 1. The number of methoxy groups -OCH3 is 1. The molecule has 0 atom stereocenters. The lowest BCUT2D eigenvalue weighted by atomic mass is 10.0. The summed E-state index contributed by atoms with van der Waals surface area (Å²) in [5, 5.41) is 14.5. The SMILES string of the molecule is COc1cc2c(cc1-c1c(C)noc1C)[nH]c1nc(C)nc(Nc3cc(C4CC4)nn3C3CN(C(C)=O)C3)c12. The Kier molecular flexibility index (Phi) is 5.19. The monoisotopic (exact) mass is 526 g/mol. The molecule has 2 N–H and O–H groups in total. The van der Waals surface area contributed by atoms with Crippen molar-refractivity contribution >= 4 is 39.5 Å². The molecule has 11 nitrogen and oxygen atoms in total. The predicted octanol–water partition coefficient (Wildman–Crippen LogP) is 4.92. The topological polar surface area (TPSA) is 127 Å². The second kappa shape index (κ2) is 8.55. The van der Waals surface area contributed by atoms with Crippen molar-refractivity contribution in [3.8, 4) is 16.9 Å². The number of aromatic nitrogens is 6. The van der Waals surface area contributed by atoms with Gasteiger partial charge in [-0.15, -0.1) is 0 Å². The van der Waals surface area contributed by atoms with Gasteiger partial charge in [0.1, 0.15) is 34.6 Å². The molecule has 1 saturated heterocycles. The van der Waals surface area contributed by atoms with E-state index in [1.807, 2.05) is 36.4 Å². The molecule has 0 radical (unpaired) electrons. The largest absolute Gasteiger partial charge is 0.496 e. The smallest absolute Gasteiger partial charge is 0.219 e. The highest BCUT2D eigenvalue weighted by molar-refractivity contribution is 6.13. The van der Waals surface area contributed by atoms with Gasteiger partial charge in [-0.05, 0) is 45.7 Å². The van der Waals surface area contributed by atoms with Crippen molar-refractivity contribution < 1.29 is 14.1 Å². The maximum Gasteiger partial charge on any atom is 0.219 e. The number of aryl methyl sites for hydroxylation is 3. The van der Waals surface area contributed by atoms with E-state index < -0.39 is 0 Å². The number of rotatable bonds is 6. The van der Waals surface area contributed by atoms with Gasteiger partial charge >= 0.3 is 0 Å². The molecule has 1 aliphatic heterocycles. The van der Waals surface area contributed by atoms with E-state index in [-0.39, 0.29) is 11.9 Å². The van der Waals surface area contributed by atoms with Crippen molar-refractivity contribution in [2.75, 3.05) is 25.5 Å². The van der Waals surface area contributed by atoms with Crippen LogP contribution in [0.25, 0.3) is 33.1 Å². The summed E-state index contributed by atoms with van der Waals surface area (Å²) in [7, 11) is 1.67. The number of carbonyl (C=O) groups excluding carboxylic acids is 1. The maximum absolute atomic E-state index is 11.8. The number of benzene rings is 1. The molecule has 7 rings (SSSR count). The Bertz CT molecular complexity index is 1750. The zero-order chi connectivity index (χ0) is 27.0. The molecule has 0 unspecified atom stereocenters. The third kappa shape index (κ3) is 3.83. The van der Waals surface area contributed by atoms with Gasteiger partial charge in [-0.1, -0.05) is 5.16 Å². The van der Waals surface area contributed by atoms with Gasteiger partial charge in [-0.25, -0.2) is 14.6 Å². The average molecular weight is 527 g/mol. The molecule has 11 heteroatoms. The number of nitrogens with zero attached hydrogens (tertiary/aromatic N) is 6. The van der Waals surface area contributed by atoms with Crippen LogP contribution in [0.3, 0.4) is 0 Å². The molecule has 1 saturated carbocycles. The maximum atomic E-state index is 11.8. The minimum Gasteiger partial charge on any atom is -0.496 e. The van der Waals surface area contributed by atoms with E-state index in [0.29, 0.717) is 36.4 Å². The molecule has 1 amide bonds. The lowest BCUT2D eigenvalue weighted by molar-refractivity contribution is -0.134. The Hall–Kier alpha value is -4.41. The number of anilines is 2. The number of likely N-dealkylation sites (tertiary alicyclic amines) is 1. The number of hydrogen-bond acceptors (Lipinski definition) is 8. The van der Waals surface area contributed by atoms with E-state index >= 15 is 0 Å². The molecule has 0 spiro atoms. The molecule has 1 aromatic carbocycles. The Morgan fingerprint density at radius 1 is 1.15 bits per heavy atom. The van der Waals surface area contributed by atoms with Crippen LogP contribution in [0.5, 0.6) is 5.75 Å². The fraction of sp³-hybridized carbons (Fsp3) is 0.393. The van der Waals surface area contributed by atoms with Crippen molar-refractivity contribution in [2.24, 2.45) is 0 Å². The molecule has 2 aliphatic rings. The number of ether oxygens (including phenoxy) is 1. The Morgan fingerprint density at radius 2 is 1.95 bits per heavy atom. The van der Waals surface area contributed by atoms with Gasteiger partial charge in [-0.2, -0.15) is 5.10 Å². The fourth-order valence-electron chi connectivity index (χ4n) is 5.61. The number of nitrogens with one attached hydrogen (secondary N) is 2. The minimum absolute atomic E-state index is 0.0900. The Balaban J connectivity index is 1.35. The Labute approximate surface area is 224 Å². The van der Waals surface area contributed by atoms with Crippen LogP contribution in [-0.4, -0.2) is 60.9 Å². The van der Waals surface area contributed by atoms with Crippen LogP contribution in [0.15, 0.2) is 22.7 Å². The van der Waals surface area contributed by atoms with E-state index in [1.54, 1.807) is 14.0 Å². The molecule has 1 aliphatic carbocycles. The highest BCUT2D eigenvalue weighted by Crippen LogP contribution is 2.43. The first-order valence-corrected chi connectivity index (χ1v) is 13.2. The van der Waals surface area contributed by atoms with Crippen molar-refractivity contribution in [3.63, 3.8) is 0 Å². The van der Waals surface area contributed by atoms with Crippen LogP contribution in [0.2, 0.25) is 0 Å². The molecule has 2 fully saturated rings.